The number of hydrogen-bond donors (Lipinski definition) is 1. The lowest BCUT2D eigenvalue weighted by Crippen LogP contribution is -2.57. The minimum Gasteiger partial charge on any atom is -0.469 e. The first-order valence-corrected chi connectivity index (χ1v) is 11.0. The van der Waals surface area contributed by atoms with Crippen LogP contribution in [-0.2, 0) is 14.3 Å². The van der Waals surface area contributed by atoms with Gasteiger partial charge < -0.3 is 9.84 Å². The molecule has 4 nitrogen and oxygen atoms in total. The van der Waals surface area contributed by atoms with Gasteiger partial charge in [-0.1, -0.05) is 20.8 Å². The van der Waals surface area contributed by atoms with Crippen LogP contribution in [0.15, 0.2) is 0 Å². The zero-order valence-electron chi connectivity index (χ0n) is 17.4. The van der Waals surface area contributed by atoms with Crippen molar-refractivity contribution in [2.24, 2.45) is 46.3 Å². The molecule has 0 amide bonds. The molecule has 0 aromatic heterocycles. The van der Waals surface area contributed by atoms with E-state index in [1.54, 1.807) is 0 Å². The van der Waals surface area contributed by atoms with Crippen molar-refractivity contribution < 1.29 is 19.4 Å². The van der Waals surface area contributed by atoms with Gasteiger partial charge in [0.15, 0.2) is 0 Å². The first-order valence-electron chi connectivity index (χ1n) is 11.0. The van der Waals surface area contributed by atoms with E-state index in [4.69, 9.17) is 4.74 Å². The third-order valence-corrected chi connectivity index (χ3v) is 9.69. The number of aliphatic hydroxyl groups is 1. The second kappa shape index (κ2) is 6.57. The number of ketones is 1. The highest BCUT2D eigenvalue weighted by Crippen LogP contribution is 2.67. The number of rotatable bonds is 2. The van der Waals surface area contributed by atoms with Gasteiger partial charge in [-0.05, 0) is 79.4 Å². The van der Waals surface area contributed by atoms with Crippen molar-refractivity contribution in [3.8, 4) is 0 Å². The lowest BCUT2D eigenvalue weighted by molar-refractivity contribution is -0.163. The predicted octanol–water partition coefficient (Wildman–Crippen LogP) is 3.99. The van der Waals surface area contributed by atoms with E-state index in [1.165, 1.54) is 7.11 Å². The zero-order valence-corrected chi connectivity index (χ0v) is 17.4. The Morgan fingerprint density at radius 2 is 1.78 bits per heavy atom. The molecule has 4 aliphatic rings. The summed E-state index contributed by atoms with van der Waals surface area (Å²) in [5, 5.41) is 10.2. The summed E-state index contributed by atoms with van der Waals surface area (Å²) in [4.78, 5) is 25.5. The number of carbonyl (C=O) groups excluding carboxylic acids is 2. The average molecular weight is 377 g/mol. The van der Waals surface area contributed by atoms with Crippen LogP contribution >= 0.6 is 0 Å². The molecule has 27 heavy (non-hydrogen) atoms. The second-order valence-electron chi connectivity index (χ2n) is 10.6. The lowest BCUT2D eigenvalue weighted by Gasteiger charge is -2.60. The number of fused-ring (bicyclic) bond motifs is 5. The Morgan fingerprint density at radius 1 is 1.11 bits per heavy atom. The van der Waals surface area contributed by atoms with Crippen molar-refractivity contribution in [2.45, 2.75) is 78.2 Å². The molecule has 0 bridgehead atoms. The van der Waals surface area contributed by atoms with Crippen LogP contribution in [0, 0.1) is 46.3 Å². The maximum absolute atomic E-state index is 13.3. The van der Waals surface area contributed by atoms with E-state index in [9.17, 15) is 14.7 Å². The normalized spacial score (nSPS) is 50.3. The summed E-state index contributed by atoms with van der Waals surface area (Å²) in [5.41, 5.74) is 0.271. The topological polar surface area (TPSA) is 63.6 Å². The first kappa shape index (κ1) is 19.4. The van der Waals surface area contributed by atoms with Gasteiger partial charge in [0.05, 0.1) is 19.1 Å². The van der Waals surface area contributed by atoms with E-state index >= 15 is 0 Å². The quantitative estimate of drug-likeness (QED) is 0.740. The molecule has 9 atom stereocenters. The molecule has 4 aliphatic carbocycles. The monoisotopic (exact) mass is 376 g/mol. The number of ether oxygens (including phenoxy) is 1. The smallest absolute Gasteiger partial charge is 0.308 e. The van der Waals surface area contributed by atoms with Crippen molar-refractivity contribution in [1.29, 1.82) is 0 Å². The fourth-order valence-corrected chi connectivity index (χ4v) is 8.12. The van der Waals surface area contributed by atoms with E-state index in [2.05, 4.69) is 13.8 Å². The van der Waals surface area contributed by atoms with E-state index in [0.717, 1.165) is 44.9 Å². The Labute approximate surface area is 163 Å². The highest BCUT2D eigenvalue weighted by Gasteiger charge is 2.63. The predicted molar refractivity (Wildman–Crippen MR) is 103 cm³/mol. The van der Waals surface area contributed by atoms with E-state index in [-0.39, 0.29) is 34.7 Å². The van der Waals surface area contributed by atoms with Crippen LogP contribution in [0.2, 0.25) is 0 Å². The van der Waals surface area contributed by atoms with Crippen LogP contribution in [0.5, 0.6) is 0 Å². The fraction of sp³-hybridized carbons (Fsp3) is 0.913. The molecule has 4 saturated carbocycles. The molecule has 4 heteroatoms. The Balaban J connectivity index is 1.63. The maximum Gasteiger partial charge on any atom is 0.308 e. The van der Waals surface area contributed by atoms with Crippen LogP contribution in [0.3, 0.4) is 0 Å². The van der Waals surface area contributed by atoms with Crippen LogP contribution in [0.4, 0.5) is 0 Å². The Kier molecular flexibility index (Phi) is 4.73. The number of methoxy groups -OCH3 is 1. The number of carbonyl (C=O) groups is 2. The summed E-state index contributed by atoms with van der Waals surface area (Å²) in [7, 11) is 1.48. The van der Waals surface area contributed by atoms with Crippen LogP contribution in [0.1, 0.15) is 72.1 Å². The van der Waals surface area contributed by atoms with Gasteiger partial charge in [0.1, 0.15) is 5.78 Å². The molecule has 152 valence electrons. The molecule has 0 heterocycles. The van der Waals surface area contributed by atoms with Crippen LogP contribution in [-0.4, -0.2) is 30.1 Å². The maximum atomic E-state index is 13.3. The van der Waals surface area contributed by atoms with Crippen molar-refractivity contribution >= 4 is 11.8 Å². The molecule has 4 fully saturated rings. The Bertz CT molecular complexity index is 630. The van der Waals surface area contributed by atoms with Crippen LogP contribution < -0.4 is 0 Å². The summed E-state index contributed by atoms with van der Waals surface area (Å²) in [5.74, 6) is 1.95. The van der Waals surface area contributed by atoms with E-state index in [1.807, 2.05) is 6.92 Å². The molecule has 1 unspecified atom stereocenters. The highest BCUT2D eigenvalue weighted by molar-refractivity contribution is 5.83. The SMILES string of the molecule is COC(=O)[C@@H](C)C1CC[C@H]2[C@@H]3C(=O)C[C@@H]4C[C@H](O)CC[C@]4(C)[C@H]3CC[C@]12C. The highest BCUT2D eigenvalue weighted by atomic mass is 16.5. The summed E-state index contributed by atoms with van der Waals surface area (Å²) in [6, 6.07) is 0. The first-order chi connectivity index (χ1) is 12.7. The molecular formula is C23H36O4. The van der Waals surface area contributed by atoms with Crippen molar-refractivity contribution in [2.75, 3.05) is 7.11 Å². The largest absolute Gasteiger partial charge is 0.469 e. The van der Waals surface area contributed by atoms with Gasteiger partial charge in [-0.3, -0.25) is 9.59 Å². The fourth-order valence-electron chi connectivity index (χ4n) is 8.12. The molecule has 0 aliphatic heterocycles. The third-order valence-electron chi connectivity index (χ3n) is 9.69. The Morgan fingerprint density at radius 3 is 2.48 bits per heavy atom. The number of esters is 1. The zero-order chi connectivity index (χ0) is 19.6. The van der Waals surface area contributed by atoms with Gasteiger partial charge in [0.25, 0.3) is 0 Å². The summed E-state index contributed by atoms with van der Waals surface area (Å²) in [6.07, 6.45) is 7.48. The minimum atomic E-state index is -0.224. The molecule has 1 N–H and O–H groups in total. The second-order valence-corrected chi connectivity index (χ2v) is 10.6. The molecule has 0 aromatic rings. The molecule has 0 spiro atoms. The number of Topliss-reactive ketones (excluding diaryl/α,β-unsaturated/α-hetero) is 1. The third kappa shape index (κ3) is 2.73. The molecule has 0 aromatic carbocycles. The summed E-state index contributed by atoms with van der Waals surface area (Å²) >= 11 is 0. The summed E-state index contributed by atoms with van der Waals surface area (Å²) < 4.78 is 5.04. The molecular weight excluding hydrogens is 340 g/mol. The van der Waals surface area contributed by atoms with Crippen molar-refractivity contribution in [3.63, 3.8) is 0 Å². The average Bonchev–Trinajstić information content (AvgIpc) is 2.99. The van der Waals surface area contributed by atoms with Crippen molar-refractivity contribution in [3.05, 3.63) is 0 Å². The standard InChI is InChI=1S/C23H36O4/c1-13(21(26)27-4)16-5-6-17-20-18(8-10-23(16,17)3)22(2)9-7-15(24)11-14(22)12-19(20)25/h13-18,20,24H,5-12H2,1-4H3/t13-,14-,15+,16?,17-,18-,20-,22-,23+/m0/s1. The summed E-state index contributed by atoms with van der Waals surface area (Å²) in [6.45, 7) is 6.76. The van der Waals surface area contributed by atoms with Gasteiger partial charge >= 0.3 is 5.97 Å². The van der Waals surface area contributed by atoms with Gasteiger partial charge in [-0.25, -0.2) is 0 Å². The van der Waals surface area contributed by atoms with E-state index < -0.39 is 0 Å². The number of aliphatic hydroxyl groups excluding tert-OH is 1. The Hall–Kier alpha value is -0.900. The molecule has 0 radical (unpaired) electrons. The van der Waals surface area contributed by atoms with Crippen molar-refractivity contribution in [1.82, 2.24) is 0 Å². The number of hydrogen-bond acceptors (Lipinski definition) is 4. The molecule has 4 rings (SSSR count). The van der Waals surface area contributed by atoms with Crippen LogP contribution in [0.25, 0.3) is 0 Å². The van der Waals surface area contributed by atoms with Gasteiger partial charge in [-0.2, -0.15) is 0 Å². The minimum absolute atomic E-state index is 0.0712. The van der Waals surface area contributed by atoms with Gasteiger partial charge in [-0.15, -0.1) is 0 Å². The van der Waals surface area contributed by atoms with Gasteiger partial charge in [0, 0.05) is 12.3 Å². The van der Waals surface area contributed by atoms with E-state index in [0.29, 0.717) is 35.9 Å². The lowest BCUT2D eigenvalue weighted by atomic mass is 9.44. The van der Waals surface area contributed by atoms with Gasteiger partial charge in [0.2, 0.25) is 0 Å². The molecule has 0 saturated heterocycles.